The normalized spacial score (nSPS) is 17.4. The first-order valence-corrected chi connectivity index (χ1v) is 10.6. The molecular formula is C21H28F3N3OS. The van der Waals surface area contributed by atoms with Crippen LogP contribution in [-0.4, -0.2) is 22.2 Å². The second-order valence-electron chi connectivity index (χ2n) is 9.59. The van der Waals surface area contributed by atoms with E-state index >= 15 is 0 Å². The second kappa shape index (κ2) is 8.17. The zero-order chi connectivity index (χ0) is 22.2. The first-order chi connectivity index (χ1) is 13.1. The number of aromatic nitrogens is 1. The van der Waals surface area contributed by atoms with Crippen LogP contribution in [0.3, 0.4) is 0 Å². The Hall–Kier alpha value is -1.75. The number of nitriles is 1. The van der Waals surface area contributed by atoms with Crippen LogP contribution in [0, 0.1) is 22.7 Å². The number of halogens is 3. The quantitative estimate of drug-likeness (QED) is 0.679. The van der Waals surface area contributed by atoms with E-state index in [0.717, 1.165) is 18.2 Å². The molecule has 0 unspecified atom stereocenters. The molecule has 160 valence electrons. The lowest BCUT2D eigenvalue weighted by atomic mass is 9.70. The molecule has 1 aliphatic carbocycles. The minimum Gasteiger partial charge on any atom is -0.351 e. The predicted molar refractivity (Wildman–Crippen MR) is 108 cm³/mol. The molecule has 1 aromatic heterocycles. The number of nitrogens with one attached hydrogen (secondary N) is 1. The van der Waals surface area contributed by atoms with Gasteiger partial charge in [-0.05, 0) is 56.9 Å². The minimum atomic E-state index is -4.65. The van der Waals surface area contributed by atoms with Gasteiger partial charge >= 0.3 is 6.18 Å². The fourth-order valence-electron chi connectivity index (χ4n) is 3.58. The third kappa shape index (κ3) is 5.88. The lowest BCUT2D eigenvalue weighted by molar-refractivity contribution is -0.139. The van der Waals surface area contributed by atoms with Gasteiger partial charge in [-0.3, -0.25) is 4.79 Å². The molecule has 4 nitrogen and oxygen atoms in total. The molecule has 8 heteroatoms. The third-order valence-corrected chi connectivity index (χ3v) is 5.98. The van der Waals surface area contributed by atoms with E-state index in [4.69, 9.17) is 0 Å². The first kappa shape index (κ1) is 23.5. The molecule has 1 amide bonds. The number of alkyl halides is 3. The lowest BCUT2D eigenvalue weighted by Gasteiger charge is -2.36. The maximum atomic E-state index is 14.0. The zero-order valence-corrected chi connectivity index (χ0v) is 18.6. The van der Waals surface area contributed by atoms with E-state index < -0.39 is 22.8 Å². The highest BCUT2D eigenvalue weighted by Crippen LogP contribution is 2.44. The van der Waals surface area contributed by atoms with E-state index in [-0.39, 0.29) is 40.0 Å². The van der Waals surface area contributed by atoms with Crippen LogP contribution in [0.15, 0.2) is 5.03 Å². The minimum absolute atomic E-state index is 0.0168. The summed E-state index contributed by atoms with van der Waals surface area (Å²) in [5.41, 5.74) is -1.39. The number of hydrogen-bond donors (Lipinski definition) is 1. The Morgan fingerprint density at radius 3 is 2.34 bits per heavy atom. The van der Waals surface area contributed by atoms with E-state index in [2.05, 4.69) is 10.3 Å². The molecule has 1 atom stereocenters. The summed E-state index contributed by atoms with van der Waals surface area (Å²) in [6, 6.07) is 1.71. The molecular weight excluding hydrogens is 399 g/mol. The SMILES string of the molecule is CC(C)(C)NC(=O)CSc1nc2c(c(C(F)(F)F)c1C#N)C[C@H](C(C)(C)C)CC2. The van der Waals surface area contributed by atoms with Gasteiger partial charge in [0, 0.05) is 11.2 Å². The molecule has 1 aliphatic rings. The number of carbonyl (C=O) groups is 1. The van der Waals surface area contributed by atoms with E-state index in [9.17, 15) is 23.2 Å². The molecule has 0 saturated carbocycles. The fourth-order valence-corrected chi connectivity index (χ4v) is 4.39. The van der Waals surface area contributed by atoms with Crippen LogP contribution in [-0.2, 0) is 23.8 Å². The van der Waals surface area contributed by atoms with Gasteiger partial charge in [0.05, 0.1) is 16.9 Å². The standard InChI is InChI=1S/C21H28F3N3OS/c1-19(2,3)12-7-8-15-13(9-12)17(21(22,23)24)14(10-25)18(26-15)29-11-16(28)27-20(4,5)6/h12H,7-9,11H2,1-6H3,(H,27,28)/t12-/m1/s1. The molecule has 1 aromatic rings. The maximum absolute atomic E-state index is 14.0. The molecule has 0 bridgehead atoms. The van der Waals surface area contributed by atoms with Crippen LogP contribution in [0.4, 0.5) is 13.2 Å². The maximum Gasteiger partial charge on any atom is 0.418 e. The summed E-state index contributed by atoms with van der Waals surface area (Å²) in [4.78, 5) is 16.5. The van der Waals surface area contributed by atoms with Crippen LogP contribution in [0.2, 0.25) is 0 Å². The summed E-state index contributed by atoms with van der Waals surface area (Å²) in [5.74, 6) is -0.326. The largest absolute Gasteiger partial charge is 0.418 e. The van der Waals surface area contributed by atoms with E-state index in [1.165, 1.54) is 0 Å². The highest BCUT2D eigenvalue weighted by atomic mass is 32.2. The summed E-state index contributed by atoms with van der Waals surface area (Å²) < 4.78 is 41.9. The highest BCUT2D eigenvalue weighted by molar-refractivity contribution is 8.00. The Morgan fingerprint density at radius 1 is 1.24 bits per heavy atom. The van der Waals surface area contributed by atoms with Crippen LogP contribution in [0.5, 0.6) is 0 Å². The van der Waals surface area contributed by atoms with Crippen LogP contribution in [0.25, 0.3) is 0 Å². The molecule has 0 radical (unpaired) electrons. The molecule has 0 aromatic carbocycles. The molecule has 1 N–H and O–H groups in total. The average molecular weight is 428 g/mol. The zero-order valence-electron chi connectivity index (χ0n) is 17.8. The highest BCUT2D eigenvalue weighted by Gasteiger charge is 2.42. The predicted octanol–water partition coefficient (Wildman–Crippen LogP) is 5.13. The second-order valence-corrected chi connectivity index (χ2v) is 10.6. The van der Waals surface area contributed by atoms with Crippen molar-refractivity contribution in [1.29, 1.82) is 5.26 Å². The number of amides is 1. The van der Waals surface area contributed by atoms with Gasteiger partial charge in [-0.15, -0.1) is 0 Å². The molecule has 1 heterocycles. The van der Waals surface area contributed by atoms with Gasteiger partial charge in [-0.1, -0.05) is 32.5 Å². The van der Waals surface area contributed by atoms with Crippen molar-refractivity contribution in [3.05, 3.63) is 22.4 Å². The summed E-state index contributed by atoms with van der Waals surface area (Å²) in [6.07, 6.45) is -3.21. The van der Waals surface area contributed by atoms with Crippen molar-refractivity contribution in [3.8, 4) is 6.07 Å². The van der Waals surface area contributed by atoms with E-state index in [1.54, 1.807) is 6.07 Å². The smallest absolute Gasteiger partial charge is 0.351 e. The van der Waals surface area contributed by atoms with Gasteiger partial charge in [-0.25, -0.2) is 4.98 Å². The number of hydrogen-bond acceptors (Lipinski definition) is 4. The number of pyridine rings is 1. The number of aryl methyl sites for hydroxylation is 1. The van der Waals surface area contributed by atoms with Gasteiger partial charge in [0.1, 0.15) is 11.1 Å². The van der Waals surface area contributed by atoms with Gasteiger partial charge in [0.25, 0.3) is 0 Å². The van der Waals surface area contributed by atoms with Gasteiger partial charge in [-0.2, -0.15) is 18.4 Å². The van der Waals surface area contributed by atoms with Crippen LogP contribution < -0.4 is 5.32 Å². The van der Waals surface area contributed by atoms with Crippen molar-refractivity contribution in [3.63, 3.8) is 0 Å². The van der Waals surface area contributed by atoms with Crippen LogP contribution >= 0.6 is 11.8 Å². The van der Waals surface area contributed by atoms with E-state index in [0.29, 0.717) is 12.1 Å². The number of carbonyl (C=O) groups excluding carboxylic acids is 1. The first-order valence-electron chi connectivity index (χ1n) is 9.60. The Kier molecular flexibility index (Phi) is 6.63. The number of nitrogens with zero attached hydrogens (tertiary/aromatic N) is 2. The fraction of sp³-hybridized carbons (Fsp3) is 0.667. The topological polar surface area (TPSA) is 65.8 Å². The molecule has 0 spiro atoms. The molecule has 0 fully saturated rings. The average Bonchev–Trinajstić information content (AvgIpc) is 2.54. The Labute approximate surface area is 174 Å². The van der Waals surface area contributed by atoms with Crippen LogP contribution in [0.1, 0.15) is 70.3 Å². The Balaban J connectivity index is 2.46. The third-order valence-electron chi connectivity index (χ3n) is 5.01. The van der Waals surface area contributed by atoms with Crippen molar-refractivity contribution >= 4 is 17.7 Å². The number of fused-ring (bicyclic) bond motifs is 1. The van der Waals surface area contributed by atoms with E-state index in [1.807, 2.05) is 41.5 Å². The summed E-state index contributed by atoms with van der Waals surface area (Å²) in [6.45, 7) is 11.5. The Morgan fingerprint density at radius 2 is 1.86 bits per heavy atom. The Bertz CT molecular complexity index is 830. The molecule has 0 aliphatic heterocycles. The summed E-state index contributed by atoms with van der Waals surface area (Å²) in [7, 11) is 0. The van der Waals surface area contributed by atoms with Crippen molar-refractivity contribution in [1.82, 2.24) is 10.3 Å². The van der Waals surface area contributed by atoms with Gasteiger partial charge in [0.15, 0.2) is 0 Å². The van der Waals surface area contributed by atoms with Crippen molar-refractivity contribution in [2.24, 2.45) is 11.3 Å². The molecule has 2 rings (SSSR count). The molecule has 29 heavy (non-hydrogen) atoms. The summed E-state index contributed by atoms with van der Waals surface area (Å²) >= 11 is 0.884. The van der Waals surface area contributed by atoms with Gasteiger partial charge < -0.3 is 5.32 Å². The monoisotopic (exact) mass is 427 g/mol. The van der Waals surface area contributed by atoms with Gasteiger partial charge in [0.2, 0.25) is 5.91 Å². The number of thioether (sulfide) groups is 1. The summed E-state index contributed by atoms with van der Waals surface area (Å²) in [5, 5.41) is 12.3. The molecule has 0 saturated heterocycles. The van der Waals surface area contributed by atoms with Crippen molar-refractivity contribution in [2.75, 3.05) is 5.75 Å². The van der Waals surface area contributed by atoms with Crippen molar-refractivity contribution < 1.29 is 18.0 Å². The lowest BCUT2D eigenvalue weighted by Crippen LogP contribution is -2.41. The van der Waals surface area contributed by atoms with Crippen molar-refractivity contribution in [2.45, 2.75) is 77.5 Å². The number of rotatable bonds is 3.